The Morgan fingerprint density at radius 3 is 2.33 bits per heavy atom. The van der Waals surface area contributed by atoms with Gasteiger partial charge in [-0.25, -0.2) is 0 Å². The largest absolute Gasteiger partial charge is 0.494 e. The van der Waals surface area contributed by atoms with E-state index in [0.717, 1.165) is 37.1 Å². The molecule has 1 aromatic rings. The van der Waals surface area contributed by atoms with Crippen molar-refractivity contribution in [2.24, 2.45) is 0 Å². The van der Waals surface area contributed by atoms with Crippen molar-refractivity contribution in [2.45, 2.75) is 55.9 Å². The Morgan fingerprint density at radius 1 is 1.11 bits per heavy atom. The van der Waals surface area contributed by atoms with Crippen molar-refractivity contribution in [1.82, 2.24) is 10.6 Å². The number of ether oxygens (including phenoxy) is 1. The van der Waals surface area contributed by atoms with E-state index in [2.05, 4.69) is 22.9 Å². The number of nitrogens with one attached hydrogen (secondary N) is 3. The van der Waals surface area contributed by atoms with Gasteiger partial charge in [0.1, 0.15) is 11.9 Å². The van der Waals surface area contributed by atoms with Crippen LogP contribution >= 0.6 is 47.0 Å². The number of rotatable bonds is 10. The van der Waals surface area contributed by atoms with Crippen molar-refractivity contribution in [2.75, 3.05) is 11.9 Å². The van der Waals surface area contributed by atoms with Crippen LogP contribution in [0, 0.1) is 0 Å². The van der Waals surface area contributed by atoms with E-state index >= 15 is 0 Å². The molecule has 1 amide bonds. The molecule has 9 heteroatoms. The number of alkyl halides is 3. The Balaban J connectivity index is 2.57. The molecule has 0 saturated heterocycles. The minimum Gasteiger partial charge on any atom is -0.494 e. The topological polar surface area (TPSA) is 62.4 Å². The summed E-state index contributed by atoms with van der Waals surface area (Å²) in [6.45, 7) is 4.62. The molecule has 1 aromatic carbocycles. The van der Waals surface area contributed by atoms with E-state index < -0.39 is 9.96 Å². The van der Waals surface area contributed by atoms with Crippen LogP contribution in [0.1, 0.15) is 46.0 Å². The molecule has 1 atom stereocenters. The number of benzene rings is 1. The summed E-state index contributed by atoms with van der Waals surface area (Å²) in [6, 6.07) is 7.27. The zero-order valence-corrected chi connectivity index (χ0v) is 18.6. The summed E-state index contributed by atoms with van der Waals surface area (Å²) < 4.78 is 3.63. The molecular weight excluding hydrogens is 429 g/mol. The lowest BCUT2D eigenvalue weighted by atomic mass is 10.1. The monoisotopic (exact) mass is 453 g/mol. The average Bonchev–Trinajstić information content (AvgIpc) is 2.59. The molecule has 1 unspecified atom stereocenters. The molecule has 0 heterocycles. The van der Waals surface area contributed by atoms with Crippen molar-refractivity contribution in [3.05, 3.63) is 24.3 Å². The Labute approximate surface area is 181 Å². The van der Waals surface area contributed by atoms with Gasteiger partial charge in [-0.1, -0.05) is 61.0 Å². The first-order valence-corrected chi connectivity index (χ1v) is 10.5. The molecule has 0 fully saturated rings. The summed E-state index contributed by atoms with van der Waals surface area (Å²) in [7, 11) is 0. The molecule has 0 aromatic heterocycles. The second kappa shape index (κ2) is 12.5. The number of carbonyl (C=O) groups is 1. The van der Waals surface area contributed by atoms with Gasteiger partial charge in [-0.15, -0.1) is 0 Å². The van der Waals surface area contributed by atoms with Crippen LogP contribution in [-0.4, -0.2) is 27.6 Å². The Bertz CT molecular complexity index is 595. The summed E-state index contributed by atoms with van der Waals surface area (Å²) in [6.07, 6.45) is 3.40. The van der Waals surface area contributed by atoms with Crippen molar-refractivity contribution in [1.29, 1.82) is 0 Å². The van der Waals surface area contributed by atoms with E-state index in [1.54, 1.807) is 0 Å². The van der Waals surface area contributed by atoms with Crippen LogP contribution in [0.4, 0.5) is 5.69 Å². The third kappa shape index (κ3) is 10.2. The Kier molecular flexibility index (Phi) is 11.1. The SMILES string of the molecule is CCCCCCC(=O)NC(NC(=S)Nc1ccc(OCC)cc1)C(Cl)(Cl)Cl. The van der Waals surface area contributed by atoms with Gasteiger partial charge in [0, 0.05) is 12.1 Å². The fourth-order valence-electron chi connectivity index (χ4n) is 2.24. The maximum atomic E-state index is 12.1. The van der Waals surface area contributed by atoms with Crippen LogP contribution < -0.4 is 20.7 Å². The maximum absolute atomic E-state index is 12.1. The highest BCUT2D eigenvalue weighted by molar-refractivity contribution is 7.80. The molecule has 27 heavy (non-hydrogen) atoms. The molecule has 0 saturated carbocycles. The van der Waals surface area contributed by atoms with Crippen LogP contribution in [0.15, 0.2) is 24.3 Å². The lowest BCUT2D eigenvalue weighted by Gasteiger charge is -2.27. The molecule has 3 N–H and O–H groups in total. The minimum atomic E-state index is -1.76. The number of carbonyl (C=O) groups excluding carboxylic acids is 1. The van der Waals surface area contributed by atoms with Gasteiger partial charge in [0.05, 0.1) is 6.61 Å². The Morgan fingerprint density at radius 2 is 1.78 bits per heavy atom. The third-order valence-corrected chi connectivity index (χ3v) is 4.46. The van der Waals surface area contributed by atoms with Gasteiger partial charge in [0.15, 0.2) is 5.11 Å². The molecule has 0 spiro atoms. The highest BCUT2D eigenvalue weighted by atomic mass is 35.6. The second-order valence-corrected chi connectivity index (χ2v) is 8.69. The van der Waals surface area contributed by atoms with Gasteiger partial charge < -0.3 is 20.7 Å². The van der Waals surface area contributed by atoms with Crippen LogP contribution in [0.25, 0.3) is 0 Å². The van der Waals surface area contributed by atoms with Crippen LogP contribution in [-0.2, 0) is 4.79 Å². The van der Waals surface area contributed by atoms with Gasteiger partial charge in [0.2, 0.25) is 9.70 Å². The van der Waals surface area contributed by atoms with Gasteiger partial charge in [-0.3, -0.25) is 4.79 Å². The van der Waals surface area contributed by atoms with Crippen molar-refractivity contribution in [3.8, 4) is 5.75 Å². The molecule has 152 valence electrons. The summed E-state index contributed by atoms with van der Waals surface area (Å²) >= 11 is 23.2. The Hall–Kier alpha value is -0.950. The molecule has 0 bridgehead atoms. The van der Waals surface area contributed by atoms with E-state index in [1.165, 1.54) is 0 Å². The average molecular weight is 455 g/mol. The normalized spacial score (nSPS) is 12.2. The highest BCUT2D eigenvalue weighted by Gasteiger charge is 2.34. The number of thiocarbonyl (C=S) groups is 1. The van der Waals surface area contributed by atoms with E-state index in [9.17, 15) is 4.79 Å². The van der Waals surface area contributed by atoms with Crippen LogP contribution in [0.3, 0.4) is 0 Å². The summed E-state index contributed by atoms with van der Waals surface area (Å²) in [4.78, 5) is 12.1. The lowest BCUT2D eigenvalue weighted by Crippen LogP contribution is -2.56. The van der Waals surface area contributed by atoms with E-state index in [1.807, 2.05) is 31.2 Å². The van der Waals surface area contributed by atoms with Crippen molar-refractivity contribution >= 4 is 63.7 Å². The van der Waals surface area contributed by atoms with E-state index in [0.29, 0.717) is 13.0 Å². The molecule has 0 aliphatic carbocycles. The van der Waals surface area contributed by atoms with Gasteiger partial charge >= 0.3 is 0 Å². The van der Waals surface area contributed by atoms with Crippen LogP contribution in [0.2, 0.25) is 0 Å². The number of amides is 1. The highest BCUT2D eigenvalue weighted by Crippen LogP contribution is 2.29. The lowest BCUT2D eigenvalue weighted by molar-refractivity contribution is -0.122. The standard InChI is InChI=1S/C18H26Cl3N3O2S/c1-3-5-6-7-8-15(25)23-16(18(19,20)21)24-17(27)22-13-9-11-14(12-10-13)26-4-2/h9-12,16H,3-8H2,1-2H3,(H,23,25)(H2,22,24,27). The fraction of sp³-hybridized carbons (Fsp3) is 0.556. The van der Waals surface area contributed by atoms with Gasteiger partial charge in [0.25, 0.3) is 0 Å². The summed E-state index contributed by atoms with van der Waals surface area (Å²) in [5, 5.41) is 8.73. The third-order valence-electron chi connectivity index (χ3n) is 3.59. The zero-order valence-electron chi connectivity index (χ0n) is 15.5. The quantitative estimate of drug-likeness (QED) is 0.197. The van der Waals surface area contributed by atoms with Gasteiger partial charge in [-0.2, -0.15) is 0 Å². The summed E-state index contributed by atoms with van der Waals surface area (Å²) in [5.41, 5.74) is 0.741. The number of hydrogen-bond donors (Lipinski definition) is 3. The predicted molar refractivity (Wildman–Crippen MR) is 118 cm³/mol. The van der Waals surface area contributed by atoms with E-state index in [-0.39, 0.29) is 11.0 Å². The number of hydrogen-bond acceptors (Lipinski definition) is 3. The smallest absolute Gasteiger partial charge is 0.228 e. The second-order valence-electron chi connectivity index (χ2n) is 5.91. The van der Waals surface area contributed by atoms with Crippen LogP contribution in [0.5, 0.6) is 5.75 Å². The van der Waals surface area contributed by atoms with E-state index in [4.69, 9.17) is 51.8 Å². The first kappa shape index (κ1) is 24.1. The first-order chi connectivity index (χ1) is 12.8. The predicted octanol–water partition coefficient (Wildman–Crippen LogP) is 5.15. The molecule has 0 radical (unpaired) electrons. The number of halogens is 3. The number of anilines is 1. The van der Waals surface area contributed by atoms with Crippen molar-refractivity contribution in [3.63, 3.8) is 0 Å². The zero-order chi connectivity index (χ0) is 20.3. The maximum Gasteiger partial charge on any atom is 0.228 e. The van der Waals surface area contributed by atoms with Gasteiger partial charge in [-0.05, 0) is 49.8 Å². The molecule has 0 aliphatic rings. The minimum absolute atomic E-state index is 0.196. The fourth-order valence-corrected chi connectivity index (χ4v) is 2.81. The first-order valence-electron chi connectivity index (χ1n) is 8.92. The summed E-state index contributed by atoms with van der Waals surface area (Å²) in [5.74, 6) is 0.565. The number of unbranched alkanes of at least 4 members (excludes halogenated alkanes) is 3. The molecule has 1 rings (SSSR count). The molecule has 5 nitrogen and oxygen atoms in total. The van der Waals surface area contributed by atoms with Crippen molar-refractivity contribution < 1.29 is 9.53 Å². The molecular formula is C18H26Cl3N3O2S. The molecule has 0 aliphatic heterocycles.